The smallest absolute Gasteiger partial charge is 0.245 e. The zero-order valence-electron chi connectivity index (χ0n) is 33.8. The Hall–Kier alpha value is -2.72. The van der Waals surface area contributed by atoms with E-state index in [-0.39, 0.29) is 70.4 Å². The number of nitrogens with two attached hydrogens (primary N) is 1. The van der Waals surface area contributed by atoms with E-state index in [0.29, 0.717) is 19.5 Å². The third-order valence-corrected chi connectivity index (χ3v) is 12.5. The Morgan fingerprint density at radius 2 is 1.64 bits per heavy atom. The van der Waals surface area contributed by atoms with Crippen LogP contribution in [0.2, 0.25) is 0 Å². The van der Waals surface area contributed by atoms with Crippen molar-refractivity contribution in [1.29, 1.82) is 0 Å². The van der Waals surface area contributed by atoms with Gasteiger partial charge in [0, 0.05) is 45.0 Å². The highest BCUT2D eigenvalue weighted by molar-refractivity contribution is 7.99. The number of primary sulfonamides is 1. The minimum absolute atomic E-state index is 0.000875. The number of carbonyl (C=O) groups excluding carboxylic acids is 4. The van der Waals surface area contributed by atoms with E-state index in [2.05, 4.69) is 17.6 Å². The van der Waals surface area contributed by atoms with Crippen molar-refractivity contribution in [3.05, 3.63) is 29.8 Å². The Morgan fingerprint density at radius 1 is 1.02 bits per heavy atom. The lowest BCUT2D eigenvalue weighted by Gasteiger charge is -2.41. The van der Waals surface area contributed by atoms with Crippen molar-refractivity contribution < 1.29 is 32.3 Å². The molecular weight excluding hydrogens is 717 g/mol. The number of rotatable bonds is 21. The van der Waals surface area contributed by atoms with Gasteiger partial charge in [0.2, 0.25) is 33.7 Å². The summed E-state index contributed by atoms with van der Waals surface area (Å²) >= 11 is 1.57. The summed E-state index contributed by atoms with van der Waals surface area (Å²) in [5.74, 6) is -0.725. The monoisotopic (exact) mass is 782 g/mol. The fraction of sp³-hybridized carbons (Fsp3) is 0.737. The molecule has 4 N–H and O–H groups in total. The molecule has 1 saturated heterocycles. The fourth-order valence-electron chi connectivity index (χ4n) is 7.44. The van der Waals surface area contributed by atoms with E-state index >= 15 is 0 Å². The van der Waals surface area contributed by atoms with Crippen LogP contribution in [0.15, 0.2) is 29.2 Å². The summed E-state index contributed by atoms with van der Waals surface area (Å²) in [7, 11) is 3.26. The largest absolute Gasteiger partial charge is 0.379 e. The van der Waals surface area contributed by atoms with Crippen molar-refractivity contribution >= 4 is 45.4 Å². The van der Waals surface area contributed by atoms with Gasteiger partial charge in [0.1, 0.15) is 6.04 Å². The molecule has 7 unspecified atom stereocenters. The number of likely N-dealkylation sites (N-methyl/N-ethyl adjacent to an activating group) is 2. The maximum absolute atomic E-state index is 14.2. The Morgan fingerprint density at radius 3 is 2.13 bits per heavy atom. The number of nitrogens with zero attached hydrogens (tertiary/aromatic N) is 3. The first-order chi connectivity index (χ1) is 24.8. The third kappa shape index (κ3) is 13.2. The first-order valence-electron chi connectivity index (χ1n) is 18.8. The van der Waals surface area contributed by atoms with Gasteiger partial charge < -0.3 is 25.2 Å². The lowest BCUT2D eigenvalue weighted by atomic mass is 9.89. The summed E-state index contributed by atoms with van der Waals surface area (Å²) < 4.78 is 29.1. The summed E-state index contributed by atoms with van der Waals surface area (Å²) in [5, 5.41) is 11.1. The van der Waals surface area contributed by atoms with E-state index in [0.717, 1.165) is 24.8 Å². The number of methoxy groups -OCH3 is 1. The molecule has 1 aliphatic rings. The van der Waals surface area contributed by atoms with E-state index in [1.165, 1.54) is 12.1 Å². The first-order valence-corrected chi connectivity index (χ1v) is 21.6. The molecular formula is C38H66N6O7S2. The van der Waals surface area contributed by atoms with Crippen LogP contribution in [0, 0.1) is 17.8 Å². The second-order valence-corrected chi connectivity index (χ2v) is 17.9. The van der Waals surface area contributed by atoms with Crippen LogP contribution in [0.25, 0.3) is 0 Å². The molecule has 1 aromatic rings. The van der Waals surface area contributed by atoms with Crippen molar-refractivity contribution in [1.82, 2.24) is 25.3 Å². The van der Waals surface area contributed by atoms with Gasteiger partial charge in [0.15, 0.2) is 0 Å². The Kier molecular flexibility index (Phi) is 18.7. The van der Waals surface area contributed by atoms with E-state index < -0.39 is 34.3 Å². The molecule has 0 aliphatic carbocycles. The standard InChI is InChI=1S/C38H66N6O7S2/c1-12-26(6)36(43(9)38(48)34(24(2)3)41-37(47)35(25(4)5)42(7)8)30(51-10)22-33(46)44-21-13-14-29(44)31(52-11)23-32(45)40-20-19-27-15-17-28(18-16-27)53(39,49)50/h15-18,24-26,29-31,34-36H,12-14,19-23H2,1-11H3,(H,40,45)(H,41,47)(H2,39,49,50). The number of likely N-dealkylation sites (tertiary alicyclic amines) is 1. The fourth-order valence-corrected chi connectivity index (χ4v) is 8.87. The highest BCUT2D eigenvalue weighted by Gasteiger charge is 2.41. The predicted molar refractivity (Wildman–Crippen MR) is 212 cm³/mol. The number of carbonyl (C=O) groups is 4. The molecule has 1 aromatic carbocycles. The second kappa shape index (κ2) is 21.4. The molecule has 0 saturated carbocycles. The van der Waals surface area contributed by atoms with Crippen LogP contribution >= 0.6 is 11.8 Å². The van der Waals surface area contributed by atoms with Gasteiger partial charge >= 0.3 is 0 Å². The van der Waals surface area contributed by atoms with Crippen LogP contribution in [0.5, 0.6) is 0 Å². The highest BCUT2D eigenvalue weighted by Crippen LogP contribution is 2.31. The van der Waals surface area contributed by atoms with Gasteiger partial charge in [0.05, 0.1) is 29.5 Å². The number of nitrogens with one attached hydrogen (secondary N) is 2. The predicted octanol–water partition coefficient (Wildman–Crippen LogP) is 3.11. The molecule has 13 nitrogen and oxygen atoms in total. The van der Waals surface area contributed by atoms with Gasteiger partial charge in [0.25, 0.3) is 0 Å². The van der Waals surface area contributed by atoms with E-state index in [9.17, 15) is 27.6 Å². The van der Waals surface area contributed by atoms with Crippen LogP contribution in [-0.2, 0) is 40.4 Å². The molecule has 2 rings (SSSR count). The number of hydrogen-bond acceptors (Lipinski definition) is 9. The quantitative estimate of drug-likeness (QED) is 0.170. The molecule has 0 spiro atoms. The molecule has 1 heterocycles. The summed E-state index contributed by atoms with van der Waals surface area (Å²) in [6.45, 7) is 12.9. The molecule has 0 radical (unpaired) electrons. The average Bonchev–Trinajstić information content (AvgIpc) is 3.58. The maximum atomic E-state index is 14.2. The topological polar surface area (TPSA) is 171 Å². The van der Waals surface area contributed by atoms with Crippen molar-refractivity contribution in [3.63, 3.8) is 0 Å². The molecule has 15 heteroatoms. The number of benzene rings is 1. The van der Waals surface area contributed by atoms with Gasteiger partial charge in [-0.2, -0.15) is 11.8 Å². The van der Waals surface area contributed by atoms with Gasteiger partial charge in [-0.15, -0.1) is 0 Å². The number of hydrogen-bond donors (Lipinski definition) is 3. The van der Waals surface area contributed by atoms with Crippen LogP contribution < -0.4 is 15.8 Å². The number of sulfonamides is 1. The van der Waals surface area contributed by atoms with Gasteiger partial charge in [-0.3, -0.25) is 24.1 Å². The minimum atomic E-state index is -3.77. The highest BCUT2D eigenvalue weighted by atomic mass is 32.2. The van der Waals surface area contributed by atoms with E-state index in [4.69, 9.17) is 9.88 Å². The molecule has 0 aromatic heterocycles. The van der Waals surface area contributed by atoms with E-state index in [1.54, 1.807) is 43.0 Å². The molecule has 4 amide bonds. The van der Waals surface area contributed by atoms with Crippen molar-refractivity contribution in [2.75, 3.05) is 47.6 Å². The average molecular weight is 783 g/mol. The third-order valence-electron chi connectivity index (χ3n) is 10.5. The molecule has 7 atom stereocenters. The Balaban J connectivity index is 2.15. The Labute approximate surface area is 322 Å². The van der Waals surface area contributed by atoms with E-state index in [1.807, 2.05) is 64.8 Å². The first kappa shape index (κ1) is 46.4. The van der Waals surface area contributed by atoms with Gasteiger partial charge in [-0.25, -0.2) is 13.6 Å². The Bertz CT molecular complexity index is 1450. The van der Waals surface area contributed by atoms with Crippen molar-refractivity contribution in [2.45, 2.75) is 120 Å². The van der Waals surface area contributed by atoms with Crippen molar-refractivity contribution in [2.24, 2.45) is 22.9 Å². The summed E-state index contributed by atoms with van der Waals surface area (Å²) in [6.07, 6.45) is 4.58. The lowest BCUT2D eigenvalue weighted by molar-refractivity contribution is -0.146. The molecule has 53 heavy (non-hydrogen) atoms. The zero-order chi connectivity index (χ0) is 40.2. The normalized spacial score (nSPS) is 18.4. The summed E-state index contributed by atoms with van der Waals surface area (Å²) in [5.41, 5.74) is 0.871. The summed E-state index contributed by atoms with van der Waals surface area (Å²) in [4.78, 5) is 60.1. The number of amides is 4. The zero-order valence-corrected chi connectivity index (χ0v) is 35.4. The van der Waals surface area contributed by atoms with Gasteiger partial charge in [-0.05, 0) is 75.1 Å². The lowest BCUT2D eigenvalue weighted by Crippen LogP contribution is -2.59. The molecule has 0 bridgehead atoms. The SMILES string of the molecule is CCC(C)C(C(CC(=O)N1CCCC1C(CC(=O)NCCc1ccc(S(N)(=O)=O)cc1)SC)OC)N(C)C(=O)C(NC(=O)C(C(C)C)N(C)C)C(C)C. The molecule has 302 valence electrons. The maximum Gasteiger partial charge on any atom is 0.245 e. The second-order valence-electron chi connectivity index (χ2n) is 15.3. The van der Waals surface area contributed by atoms with Crippen LogP contribution in [0.3, 0.4) is 0 Å². The molecule has 1 aliphatic heterocycles. The van der Waals surface area contributed by atoms with Crippen LogP contribution in [0.1, 0.15) is 79.2 Å². The van der Waals surface area contributed by atoms with Crippen LogP contribution in [-0.4, -0.2) is 130 Å². The number of thioether (sulfide) groups is 1. The van der Waals surface area contributed by atoms with Crippen molar-refractivity contribution in [3.8, 4) is 0 Å². The summed E-state index contributed by atoms with van der Waals surface area (Å²) in [6, 6.07) is 4.58. The van der Waals surface area contributed by atoms with Crippen LogP contribution in [0.4, 0.5) is 0 Å². The minimum Gasteiger partial charge on any atom is -0.379 e. The van der Waals surface area contributed by atoms with Gasteiger partial charge in [-0.1, -0.05) is 60.1 Å². The number of ether oxygens (including phenoxy) is 1. The molecule has 1 fully saturated rings.